The van der Waals surface area contributed by atoms with Crippen LogP contribution in [0.4, 0.5) is 15.3 Å². The van der Waals surface area contributed by atoms with Crippen LogP contribution in [-0.2, 0) is 9.53 Å². The molecule has 2 fully saturated rings. The van der Waals surface area contributed by atoms with Gasteiger partial charge in [0.1, 0.15) is 11.1 Å². The first-order valence-corrected chi connectivity index (χ1v) is 8.80. The number of carbonyl (C=O) groups is 3. The van der Waals surface area contributed by atoms with Gasteiger partial charge < -0.3 is 15.0 Å². The number of amides is 4. The quantitative estimate of drug-likeness (QED) is 0.765. The topological polar surface area (TPSA) is 103 Å². The molecule has 2 aliphatic heterocycles. The molecule has 1 aromatic carbocycles. The van der Waals surface area contributed by atoms with Crippen LogP contribution in [0.1, 0.15) is 39.2 Å². The third kappa shape index (κ3) is 3.58. The zero-order valence-electron chi connectivity index (χ0n) is 15.6. The van der Waals surface area contributed by atoms with Gasteiger partial charge >= 0.3 is 12.1 Å². The minimum atomic E-state index is -1.03. The number of anilines is 1. The van der Waals surface area contributed by atoms with Crippen LogP contribution in [0.2, 0.25) is 0 Å². The zero-order valence-corrected chi connectivity index (χ0v) is 15.6. The van der Waals surface area contributed by atoms with Gasteiger partial charge in [0.25, 0.3) is 5.91 Å². The van der Waals surface area contributed by atoms with E-state index < -0.39 is 23.3 Å². The third-order valence-corrected chi connectivity index (χ3v) is 4.66. The SMILES string of the molecule is CC(C)(C)OC(=O)N1CCC2(CC1)NC(=O)N(c1cccc(C#N)c1)C2=O. The van der Waals surface area contributed by atoms with Crippen LogP contribution in [0.25, 0.3) is 0 Å². The van der Waals surface area contributed by atoms with Gasteiger partial charge in [-0.1, -0.05) is 6.07 Å². The molecular weight excluding hydrogens is 348 g/mol. The van der Waals surface area contributed by atoms with E-state index in [4.69, 9.17) is 10.00 Å². The monoisotopic (exact) mass is 370 g/mol. The smallest absolute Gasteiger partial charge is 0.410 e. The summed E-state index contributed by atoms with van der Waals surface area (Å²) in [5.41, 5.74) is -0.887. The molecular formula is C19H22N4O4. The van der Waals surface area contributed by atoms with E-state index in [9.17, 15) is 14.4 Å². The first-order valence-electron chi connectivity index (χ1n) is 8.80. The maximum Gasteiger partial charge on any atom is 0.410 e. The van der Waals surface area contributed by atoms with Crippen LogP contribution in [0.3, 0.4) is 0 Å². The fraction of sp³-hybridized carbons (Fsp3) is 0.474. The van der Waals surface area contributed by atoms with Gasteiger partial charge in [-0.15, -0.1) is 0 Å². The third-order valence-electron chi connectivity index (χ3n) is 4.66. The summed E-state index contributed by atoms with van der Waals surface area (Å²) in [6, 6.07) is 7.85. The zero-order chi connectivity index (χ0) is 19.8. The first-order chi connectivity index (χ1) is 12.6. The number of nitrogens with one attached hydrogen (secondary N) is 1. The Morgan fingerprint density at radius 2 is 1.93 bits per heavy atom. The normalized spacial score (nSPS) is 19.0. The molecule has 8 heteroatoms. The van der Waals surface area contributed by atoms with E-state index in [1.807, 2.05) is 6.07 Å². The number of likely N-dealkylation sites (tertiary alicyclic amines) is 1. The van der Waals surface area contributed by atoms with Crippen LogP contribution >= 0.6 is 0 Å². The standard InChI is InChI=1S/C19H22N4O4/c1-18(2,3)27-17(26)22-9-7-19(8-10-22)15(24)23(16(25)21-19)14-6-4-5-13(11-14)12-20/h4-6,11H,7-10H2,1-3H3,(H,21,25). The van der Waals surface area contributed by atoms with Gasteiger partial charge in [-0.25, -0.2) is 14.5 Å². The lowest BCUT2D eigenvalue weighted by molar-refractivity contribution is -0.123. The highest BCUT2D eigenvalue weighted by molar-refractivity contribution is 6.23. The number of nitrogens with zero attached hydrogens (tertiary/aromatic N) is 3. The fourth-order valence-electron chi connectivity index (χ4n) is 3.31. The Hall–Kier alpha value is -3.08. The maximum absolute atomic E-state index is 13.0. The van der Waals surface area contributed by atoms with Crippen LogP contribution in [0.15, 0.2) is 24.3 Å². The van der Waals surface area contributed by atoms with Crippen molar-refractivity contribution in [1.82, 2.24) is 10.2 Å². The Balaban J connectivity index is 1.74. The molecule has 4 amide bonds. The molecule has 142 valence electrons. The van der Waals surface area contributed by atoms with Gasteiger partial charge in [-0.05, 0) is 51.8 Å². The molecule has 0 aromatic heterocycles. The van der Waals surface area contributed by atoms with Crippen molar-refractivity contribution in [2.45, 2.75) is 44.8 Å². The highest BCUT2D eigenvalue weighted by Crippen LogP contribution is 2.33. The maximum atomic E-state index is 13.0. The summed E-state index contributed by atoms with van der Waals surface area (Å²) in [5.74, 6) is -0.355. The Bertz CT molecular complexity index is 829. The number of nitriles is 1. The van der Waals surface area contributed by atoms with Gasteiger partial charge in [0.2, 0.25) is 0 Å². The number of rotatable bonds is 1. The number of hydrogen-bond donors (Lipinski definition) is 1. The molecule has 2 heterocycles. The van der Waals surface area contributed by atoms with Gasteiger partial charge in [-0.3, -0.25) is 4.79 Å². The summed E-state index contributed by atoms with van der Waals surface area (Å²) < 4.78 is 5.37. The summed E-state index contributed by atoms with van der Waals surface area (Å²) >= 11 is 0. The number of piperidine rings is 1. The van der Waals surface area contributed by atoms with Crippen LogP contribution in [0.5, 0.6) is 0 Å². The Morgan fingerprint density at radius 1 is 1.26 bits per heavy atom. The van der Waals surface area contributed by atoms with E-state index in [0.717, 1.165) is 4.90 Å². The number of carbonyl (C=O) groups excluding carboxylic acids is 3. The second-order valence-corrected chi connectivity index (χ2v) is 7.78. The molecule has 2 saturated heterocycles. The molecule has 8 nitrogen and oxygen atoms in total. The second-order valence-electron chi connectivity index (χ2n) is 7.78. The molecule has 1 spiro atoms. The highest BCUT2D eigenvalue weighted by atomic mass is 16.6. The summed E-state index contributed by atoms with van der Waals surface area (Å²) in [7, 11) is 0. The van der Waals surface area contributed by atoms with E-state index in [1.165, 1.54) is 6.07 Å². The molecule has 0 unspecified atom stereocenters. The van der Waals surface area contributed by atoms with Crippen molar-refractivity contribution in [2.24, 2.45) is 0 Å². The minimum Gasteiger partial charge on any atom is -0.444 e. The predicted molar refractivity (Wildman–Crippen MR) is 96.9 cm³/mol. The molecule has 0 atom stereocenters. The summed E-state index contributed by atoms with van der Waals surface area (Å²) in [6.45, 7) is 6.01. The fourth-order valence-corrected chi connectivity index (χ4v) is 3.31. The largest absolute Gasteiger partial charge is 0.444 e. The van der Waals surface area contributed by atoms with E-state index >= 15 is 0 Å². The number of ether oxygens (including phenoxy) is 1. The summed E-state index contributed by atoms with van der Waals surface area (Å²) in [4.78, 5) is 40.3. The van der Waals surface area contributed by atoms with Gasteiger partial charge in [-0.2, -0.15) is 5.26 Å². The van der Waals surface area contributed by atoms with Crippen molar-refractivity contribution in [3.63, 3.8) is 0 Å². The van der Waals surface area contributed by atoms with Crippen molar-refractivity contribution in [1.29, 1.82) is 5.26 Å². The molecule has 0 aliphatic carbocycles. The van der Waals surface area contributed by atoms with Crippen LogP contribution in [0, 0.1) is 11.3 Å². The van der Waals surface area contributed by atoms with E-state index in [-0.39, 0.29) is 5.91 Å². The van der Waals surface area contributed by atoms with Crippen molar-refractivity contribution in [2.75, 3.05) is 18.0 Å². The van der Waals surface area contributed by atoms with E-state index in [1.54, 1.807) is 43.9 Å². The molecule has 1 aromatic rings. The Labute approximate surface area is 157 Å². The lowest BCUT2D eigenvalue weighted by Crippen LogP contribution is -2.56. The van der Waals surface area contributed by atoms with Gasteiger partial charge in [0, 0.05) is 13.1 Å². The molecule has 1 N–H and O–H groups in total. The highest BCUT2D eigenvalue weighted by Gasteiger charge is 2.53. The molecule has 0 bridgehead atoms. The van der Waals surface area contributed by atoms with Crippen LogP contribution < -0.4 is 10.2 Å². The van der Waals surface area contributed by atoms with E-state index in [2.05, 4.69) is 5.32 Å². The number of imide groups is 1. The van der Waals surface area contributed by atoms with Crippen LogP contribution in [-0.4, -0.2) is 47.2 Å². The predicted octanol–water partition coefficient (Wildman–Crippen LogP) is 2.38. The van der Waals surface area contributed by atoms with E-state index in [0.29, 0.717) is 37.2 Å². The lowest BCUT2D eigenvalue weighted by atomic mass is 9.87. The second kappa shape index (κ2) is 6.58. The number of hydrogen-bond acceptors (Lipinski definition) is 5. The van der Waals surface area contributed by atoms with Crippen molar-refractivity contribution in [3.05, 3.63) is 29.8 Å². The summed E-state index contributed by atoms with van der Waals surface area (Å²) in [6.07, 6.45) is 0.198. The summed E-state index contributed by atoms with van der Waals surface area (Å²) in [5, 5.41) is 11.8. The first kappa shape index (κ1) is 18.7. The minimum absolute atomic E-state index is 0.311. The molecule has 0 saturated carbocycles. The molecule has 0 radical (unpaired) electrons. The van der Waals surface area contributed by atoms with Gasteiger partial charge in [0.15, 0.2) is 0 Å². The average molecular weight is 370 g/mol. The van der Waals surface area contributed by atoms with Crippen molar-refractivity contribution in [3.8, 4) is 6.07 Å². The van der Waals surface area contributed by atoms with Gasteiger partial charge in [0.05, 0.1) is 17.3 Å². The number of urea groups is 1. The Morgan fingerprint density at radius 3 is 2.52 bits per heavy atom. The molecule has 27 heavy (non-hydrogen) atoms. The lowest BCUT2D eigenvalue weighted by Gasteiger charge is -2.37. The molecule has 3 rings (SSSR count). The molecule has 2 aliphatic rings. The average Bonchev–Trinajstić information content (AvgIpc) is 2.84. The van der Waals surface area contributed by atoms with Crippen molar-refractivity contribution >= 4 is 23.7 Å². The Kier molecular flexibility index (Phi) is 4.56. The van der Waals surface area contributed by atoms with Crippen molar-refractivity contribution < 1.29 is 19.1 Å². The number of benzene rings is 1.